The van der Waals surface area contributed by atoms with Crippen molar-refractivity contribution >= 4 is 23.2 Å². The first kappa shape index (κ1) is 22.4. The van der Waals surface area contributed by atoms with Crippen LogP contribution >= 0.6 is 11.3 Å². The lowest BCUT2D eigenvalue weighted by Crippen LogP contribution is -2.68. The van der Waals surface area contributed by atoms with Gasteiger partial charge in [-0.3, -0.25) is 4.79 Å². The van der Waals surface area contributed by atoms with Gasteiger partial charge in [-0.25, -0.2) is 19.7 Å². The molecule has 0 aromatic carbocycles. The molecule has 3 atom stereocenters. The van der Waals surface area contributed by atoms with Crippen molar-refractivity contribution in [2.24, 2.45) is 17.6 Å². The van der Waals surface area contributed by atoms with Gasteiger partial charge in [-0.2, -0.15) is 0 Å². The molecule has 2 aromatic heterocycles. The van der Waals surface area contributed by atoms with Crippen molar-refractivity contribution in [3.8, 4) is 0 Å². The van der Waals surface area contributed by atoms with Gasteiger partial charge in [-0.1, -0.05) is 18.9 Å². The van der Waals surface area contributed by atoms with Crippen LogP contribution in [0.1, 0.15) is 55.3 Å². The zero-order valence-electron chi connectivity index (χ0n) is 18.5. The van der Waals surface area contributed by atoms with E-state index in [4.69, 9.17) is 10.5 Å². The van der Waals surface area contributed by atoms with Gasteiger partial charge in [0, 0.05) is 29.6 Å². The highest BCUT2D eigenvalue weighted by atomic mass is 32.1. The molecule has 4 fully saturated rings. The number of fused-ring (bicyclic) bond motifs is 3. The molecule has 176 valence electrons. The van der Waals surface area contributed by atoms with Crippen molar-refractivity contribution in [2.75, 3.05) is 19.6 Å². The van der Waals surface area contributed by atoms with Gasteiger partial charge in [0.1, 0.15) is 19.2 Å². The van der Waals surface area contributed by atoms with Crippen molar-refractivity contribution in [3.05, 3.63) is 40.9 Å². The summed E-state index contributed by atoms with van der Waals surface area (Å²) in [6.45, 7) is 1.95. The summed E-state index contributed by atoms with van der Waals surface area (Å²) in [4.78, 5) is 39.1. The molecule has 3 aliphatic heterocycles. The highest BCUT2D eigenvalue weighted by molar-refractivity contribution is 7.10. The molecule has 6 rings (SSSR count). The van der Waals surface area contributed by atoms with Crippen LogP contribution in [0, 0.1) is 11.8 Å². The number of amides is 1. The average molecular weight is 473 g/mol. The molecule has 5 heterocycles. The van der Waals surface area contributed by atoms with Gasteiger partial charge >= 0.3 is 5.97 Å². The van der Waals surface area contributed by atoms with Crippen LogP contribution < -0.4 is 5.73 Å². The lowest BCUT2D eigenvalue weighted by Gasteiger charge is -2.54. The Balaban J connectivity index is 1.41. The van der Waals surface area contributed by atoms with E-state index in [0.717, 1.165) is 51.6 Å². The number of nitrogens with two attached hydrogens (primary N) is 1. The highest BCUT2D eigenvalue weighted by Crippen LogP contribution is 2.46. The zero-order chi connectivity index (χ0) is 23.1. The predicted octanol–water partition coefficient (Wildman–Crippen LogP) is 1.69. The lowest BCUT2D eigenvalue weighted by molar-refractivity contribution is -0.965. The molecule has 0 spiro atoms. The Morgan fingerprint density at radius 2 is 1.88 bits per heavy atom. The molecule has 10 heteroatoms. The maximum Gasteiger partial charge on any atom is 0.344 e. The van der Waals surface area contributed by atoms with Gasteiger partial charge in [-0.05, 0) is 24.3 Å². The van der Waals surface area contributed by atoms with E-state index in [2.05, 4.69) is 15.0 Å². The van der Waals surface area contributed by atoms with Crippen LogP contribution in [0.25, 0.3) is 0 Å². The Morgan fingerprint density at radius 1 is 1.18 bits per heavy atom. The van der Waals surface area contributed by atoms with Crippen LogP contribution in [0.5, 0.6) is 0 Å². The van der Waals surface area contributed by atoms with Crippen molar-refractivity contribution in [3.63, 3.8) is 0 Å². The number of aliphatic hydroxyl groups is 1. The van der Waals surface area contributed by atoms with Crippen molar-refractivity contribution in [1.82, 2.24) is 15.0 Å². The van der Waals surface area contributed by atoms with E-state index in [1.54, 1.807) is 0 Å². The Kier molecular flexibility index (Phi) is 5.92. The van der Waals surface area contributed by atoms with E-state index in [1.807, 2.05) is 17.5 Å². The van der Waals surface area contributed by atoms with Crippen LogP contribution in [-0.2, 0) is 19.9 Å². The van der Waals surface area contributed by atoms with Gasteiger partial charge in [0.25, 0.3) is 5.91 Å². The summed E-state index contributed by atoms with van der Waals surface area (Å²) in [6, 6.07) is 2.95. The van der Waals surface area contributed by atoms with Crippen molar-refractivity contribution < 1.29 is 23.9 Å². The van der Waals surface area contributed by atoms with Crippen molar-refractivity contribution in [1.29, 1.82) is 0 Å². The Hall–Kier alpha value is -2.43. The number of nitrogens with zero attached hydrogens (tertiary/aromatic N) is 4. The number of hydrogen-bond donors (Lipinski definition) is 2. The number of carbonyl (C=O) groups excluding carboxylic acids is 2. The lowest BCUT2D eigenvalue weighted by atomic mass is 9.80. The van der Waals surface area contributed by atoms with Gasteiger partial charge in [-0.15, -0.1) is 11.3 Å². The first-order valence-electron chi connectivity index (χ1n) is 11.7. The fourth-order valence-corrected chi connectivity index (χ4v) is 7.12. The number of hydrogen-bond acceptors (Lipinski definition) is 8. The van der Waals surface area contributed by atoms with Crippen molar-refractivity contribution in [2.45, 2.75) is 56.3 Å². The SMILES string of the molecule is NC(=O)C(c1ncncn1)[N+]12CCC(CC1)[C@@H](OC(=O)C(O)(c1cccs1)C1CCCC1)C2. The summed E-state index contributed by atoms with van der Waals surface area (Å²) < 4.78 is 6.48. The van der Waals surface area contributed by atoms with Crippen LogP contribution in [0.4, 0.5) is 0 Å². The quantitative estimate of drug-likeness (QED) is 0.463. The number of piperidine rings is 3. The minimum absolute atomic E-state index is 0.142. The number of primary amides is 1. The second kappa shape index (κ2) is 8.73. The number of ether oxygens (including phenoxy) is 1. The molecule has 9 nitrogen and oxygen atoms in total. The van der Waals surface area contributed by atoms with Gasteiger partial charge in [0.15, 0.2) is 17.5 Å². The first-order chi connectivity index (χ1) is 15.9. The molecule has 33 heavy (non-hydrogen) atoms. The van der Waals surface area contributed by atoms with Crippen LogP contribution in [0.15, 0.2) is 30.2 Å². The first-order valence-corrected chi connectivity index (χ1v) is 12.6. The van der Waals surface area contributed by atoms with E-state index < -0.39 is 29.6 Å². The fourth-order valence-electron chi connectivity index (χ4n) is 6.23. The summed E-state index contributed by atoms with van der Waals surface area (Å²) in [5, 5.41) is 13.6. The summed E-state index contributed by atoms with van der Waals surface area (Å²) >= 11 is 1.39. The van der Waals surface area contributed by atoms with Gasteiger partial charge in [0.05, 0.1) is 13.1 Å². The molecule has 3 N–H and O–H groups in total. The van der Waals surface area contributed by atoms with Gasteiger partial charge in [0.2, 0.25) is 6.04 Å². The molecule has 2 bridgehead atoms. The molecule has 1 aliphatic carbocycles. The molecule has 2 aromatic rings. The third-order valence-corrected chi connectivity index (χ3v) is 8.94. The molecular weight excluding hydrogens is 442 g/mol. The van der Waals surface area contributed by atoms with Gasteiger partial charge < -0.3 is 20.1 Å². The molecule has 0 radical (unpaired) electrons. The number of rotatable bonds is 7. The molecule has 1 saturated carbocycles. The number of aromatic nitrogens is 3. The van der Waals surface area contributed by atoms with E-state index in [-0.39, 0.29) is 11.8 Å². The summed E-state index contributed by atoms with van der Waals surface area (Å²) in [6.07, 6.45) is 7.59. The minimum Gasteiger partial charge on any atom is -0.454 e. The summed E-state index contributed by atoms with van der Waals surface area (Å²) in [7, 11) is 0. The topological polar surface area (TPSA) is 128 Å². The third kappa shape index (κ3) is 3.83. The number of carbonyl (C=O) groups is 2. The van der Waals surface area contributed by atoms with Crippen LogP contribution in [0.3, 0.4) is 0 Å². The standard InChI is InChI=1S/C23H29N5O4S/c24-20(29)19(21-26-13-25-14-27-21)28-9-7-15(8-10-28)17(12-28)32-22(30)23(31,16-4-1-2-5-16)18-6-3-11-33-18/h3,6,11,13-17,19,31H,1-2,4-5,7-10,12H2,(H-,24,29)/p+1/t15?,17-,19?,23?,28?/m0/s1. The van der Waals surface area contributed by atoms with E-state index in [9.17, 15) is 14.7 Å². The maximum atomic E-state index is 13.6. The maximum absolute atomic E-state index is 13.6. The zero-order valence-corrected chi connectivity index (χ0v) is 19.3. The molecule has 2 unspecified atom stereocenters. The Bertz CT molecular complexity index is 990. The number of quaternary nitrogens is 1. The van der Waals surface area contributed by atoms with E-state index >= 15 is 0 Å². The smallest absolute Gasteiger partial charge is 0.344 e. The number of esters is 1. The Morgan fingerprint density at radius 3 is 2.48 bits per heavy atom. The normalized spacial score (nSPS) is 30.0. The average Bonchev–Trinajstić information content (AvgIpc) is 3.55. The monoisotopic (exact) mass is 472 g/mol. The molecule has 3 saturated heterocycles. The van der Waals surface area contributed by atoms with Crippen LogP contribution in [-0.4, -0.2) is 62.2 Å². The molecular formula is C23H30N5O4S+. The summed E-state index contributed by atoms with van der Waals surface area (Å²) in [5.74, 6) is -0.644. The number of thiophene rings is 1. The second-order valence-electron chi connectivity index (χ2n) is 9.66. The van der Waals surface area contributed by atoms with E-state index in [1.165, 1.54) is 24.0 Å². The fraction of sp³-hybridized carbons (Fsp3) is 0.609. The highest BCUT2D eigenvalue weighted by Gasteiger charge is 2.56. The Labute approximate surface area is 196 Å². The second-order valence-corrected chi connectivity index (χ2v) is 10.6. The third-order valence-electron chi connectivity index (χ3n) is 7.95. The molecule has 1 amide bonds. The minimum atomic E-state index is -1.63. The predicted molar refractivity (Wildman–Crippen MR) is 119 cm³/mol. The van der Waals surface area contributed by atoms with E-state index in [0.29, 0.717) is 21.7 Å². The largest absolute Gasteiger partial charge is 0.454 e. The van der Waals surface area contributed by atoms with Crippen LogP contribution in [0.2, 0.25) is 0 Å². The summed E-state index contributed by atoms with van der Waals surface area (Å²) in [5.41, 5.74) is 4.21. The molecule has 4 aliphatic rings.